The molecule has 0 bridgehead atoms. The summed E-state index contributed by atoms with van der Waals surface area (Å²) in [5.41, 5.74) is 1.81. The molecular formula is C17H25NOS. The molecular weight excluding hydrogens is 266 g/mol. The molecule has 0 amide bonds. The molecule has 1 aliphatic carbocycles. The lowest BCUT2D eigenvalue weighted by molar-refractivity contribution is 0.197. The standard InChI is InChI=1S/C17H25NOS/c1-17(2,3)15-11-9-14(10-12-15)13-18-20(19)16-7-5-4-6-8-16/h4-8,13,15,18H,9-12H2,1-3H3/t15?,20-/m0/s1. The van der Waals surface area contributed by atoms with Gasteiger partial charge in [-0.25, -0.2) is 4.21 Å². The van der Waals surface area contributed by atoms with Gasteiger partial charge in [0.05, 0.1) is 4.90 Å². The van der Waals surface area contributed by atoms with Crippen molar-refractivity contribution in [1.82, 2.24) is 4.72 Å². The SMILES string of the molecule is CC(C)(C)C1CCC(=CN[S@@](=O)c2ccccc2)CC1. The highest BCUT2D eigenvalue weighted by Gasteiger charge is 2.27. The zero-order chi connectivity index (χ0) is 14.6. The van der Waals surface area contributed by atoms with Crippen LogP contribution in [0.1, 0.15) is 46.5 Å². The highest BCUT2D eigenvalue weighted by Crippen LogP contribution is 2.39. The first-order chi connectivity index (χ1) is 9.47. The molecule has 0 saturated heterocycles. The lowest BCUT2D eigenvalue weighted by Gasteiger charge is -2.34. The monoisotopic (exact) mass is 291 g/mol. The average molecular weight is 291 g/mol. The van der Waals surface area contributed by atoms with Crippen LogP contribution in [0.4, 0.5) is 0 Å². The van der Waals surface area contributed by atoms with Crippen molar-refractivity contribution >= 4 is 11.0 Å². The maximum atomic E-state index is 12.1. The fraction of sp³-hybridized carbons (Fsp3) is 0.529. The molecule has 3 heteroatoms. The van der Waals surface area contributed by atoms with Gasteiger partial charge in [0, 0.05) is 6.20 Å². The van der Waals surface area contributed by atoms with E-state index in [1.807, 2.05) is 36.5 Å². The van der Waals surface area contributed by atoms with Crippen LogP contribution in [0, 0.1) is 11.3 Å². The smallest absolute Gasteiger partial charge is 0.149 e. The Morgan fingerprint density at radius 1 is 1.15 bits per heavy atom. The Hall–Kier alpha value is -1.09. The molecule has 20 heavy (non-hydrogen) atoms. The number of allylic oxidation sites excluding steroid dienone is 1. The van der Waals surface area contributed by atoms with Gasteiger partial charge in [0.2, 0.25) is 0 Å². The van der Waals surface area contributed by atoms with Crippen molar-refractivity contribution in [3.8, 4) is 0 Å². The molecule has 110 valence electrons. The highest BCUT2D eigenvalue weighted by molar-refractivity contribution is 7.83. The van der Waals surface area contributed by atoms with Crippen molar-refractivity contribution in [3.05, 3.63) is 42.1 Å². The van der Waals surface area contributed by atoms with E-state index >= 15 is 0 Å². The lowest BCUT2D eigenvalue weighted by atomic mass is 9.71. The second-order valence-electron chi connectivity index (χ2n) is 6.64. The van der Waals surface area contributed by atoms with Crippen LogP contribution >= 0.6 is 0 Å². The lowest BCUT2D eigenvalue weighted by Crippen LogP contribution is -2.24. The Bertz CT molecular complexity index is 477. The molecule has 2 nitrogen and oxygen atoms in total. The minimum Gasteiger partial charge on any atom is -0.308 e. The summed E-state index contributed by atoms with van der Waals surface area (Å²) in [4.78, 5) is 0.827. The fourth-order valence-electron chi connectivity index (χ4n) is 2.75. The molecule has 1 aromatic rings. The summed E-state index contributed by atoms with van der Waals surface area (Å²) in [6.45, 7) is 6.99. The van der Waals surface area contributed by atoms with Gasteiger partial charge in [0.15, 0.2) is 0 Å². The third-order valence-electron chi connectivity index (χ3n) is 4.18. The van der Waals surface area contributed by atoms with Crippen LogP contribution in [-0.2, 0) is 11.0 Å². The summed E-state index contributed by atoms with van der Waals surface area (Å²) in [7, 11) is -1.14. The van der Waals surface area contributed by atoms with Crippen LogP contribution < -0.4 is 4.72 Å². The van der Waals surface area contributed by atoms with E-state index in [2.05, 4.69) is 25.5 Å². The zero-order valence-electron chi connectivity index (χ0n) is 12.7. The molecule has 1 aromatic carbocycles. The summed E-state index contributed by atoms with van der Waals surface area (Å²) in [6, 6.07) is 9.54. The predicted molar refractivity (Wildman–Crippen MR) is 85.5 cm³/mol. The van der Waals surface area contributed by atoms with Gasteiger partial charge in [-0.15, -0.1) is 0 Å². The molecule has 1 saturated carbocycles. The van der Waals surface area contributed by atoms with Crippen LogP contribution in [0.15, 0.2) is 47.0 Å². The average Bonchev–Trinajstić information content (AvgIpc) is 2.45. The van der Waals surface area contributed by atoms with Crippen molar-refractivity contribution in [1.29, 1.82) is 0 Å². The summed E-state index contributed by atoms with van der Waals surface area (Å²) in [5, 5.41) is 0. The number of benzene rings is 1. The first-order valence-corrected chi connectivity index (χ1v) is 8.53. The van der Waals surface area contributed by atoms with Crippen molar-refractivity contribution < 1.29 is 4.21 Å². The van der Waals surface area contributed by atoms with Gasteiger partial charge in [-0.3, -0.25) is 0 Å². The molecule has 0 unspecified atom stereocenters. The number of rotatable bonds is 3. The maximum absolute atomic E-state index is 12.1. The van der Waals surface area contributed by atoms with Crippen molar-refractivity contribution in [2.24, 2.45) is 11.3 Å². The Balaban J connectivity index is 1.87. The molecule has 1 atom stereocenters. The quantitative estimate of drug-likeness (QED) is 0.877. The van der Waals surface area contributed by atoms with Gasteiger partial charge >= 0.3 is 0 Å². The van der Waals surface area contributed by atoms with E-state index < -0.39 is 11.0 Å². The third-order valence-corrected chi connectivity index (χ3v) is 5.21. The van der Waals surface area contributed by atoms with E-state index in [0.717, 1.165) is 23.7 Å². The molecule has 0 aliphatic heterocycles. The van der Waals surface area contributed by atoms with E-state index in [-0.39, 0.29) is 0 Å². The van der Waals surface area contributed by atoms with Crippen LogP contribution in [-0.4, -0.2) is 4.21 Å². The molecule has 1 aliphatic rings. The van der Waals surface area contributed by atoms with Crippen LogP contribution in [0.25, 0.3) is 0 Å². The Morgan fingerprint density at radius 2 is 1.75 bits per heavy atom. The van der Waals surface area contributed by atoms with Gasteiger partial charge < -0.3 is 4.72 Å². The van der Waals surface area contributed by atoms with Crippen LogP contribution in [0.5, 0.6) is 0 Å². The van der Waals surface area contributed by atoms with Gasteiger partial charge in [-0.1, -0.05) is 44.5 Å². The van der Waals surface area contributed by atoms with E-state index in [4.69, 9.17) is 0 Å². The zero-order valence-corrected chi connectivity index (χ0v) is 13.5. The second-order valence-corrected chi connectivity index (χ2v) is 7.89. The van der Waals surface area contributed by atoms with Crippen LogP contribution in [0.3, 0.4) is 0 Å². The minimum absolute atomic E-state index is 0.409. The van der Waals surface area contributed by atoms with Gasteiger partial charge in [0.25, 0.3) is 0 Å². The van der Waals surface area contributed by atoms with Crippen molar-refractivity contribution in [3.63, 3.8) is 0 Å². The van der Waals surface area contributed by atoms with E-state index in [1.54, 1.807) is 0 Å². The highest BCUT2D eigenvalue weighted by atomic mass is 32.2. The molecule has 0 spiro atoms. The maximum Gasteiger partial charge on any atom is 0.149 e. The summed E-state index contributed by atoms with van der Waals surface area (Å²) >= 11 is 0. The summed E-state index contributed by atoms with van der Waals surface area (Å²) < 4.78 is 15.1. The van der Waals surface area contributed by atoms with E-state index in [0.29, 0.717) is 5.41 Å². The van der Waals surface area contributed by atoms with Crippen molar-refractivity contribution in [2.75, 3.05) is 0 Å². The second kappa shape index (κ2) is 6.57. The van der Waals surface area contributed by atoms with Gasteiger partial charge in [-0.05, 0) is 49.1 Å². The number of hydrogen-bond acceptors (Lipinski definition) is 1. The Labute approximate surface area is 125 Å². The molecule has 0 heterocycles. The normalized spacial score (nSPS) is 21.4. The fourth-order valence-corrected chi connectivity index (χ4v) is 3.56. The third kappa shape index (κ3) is 4.20. The number of nitrogens with one attached hydrogen (secondary N) is 1. The molecule has 2 rings (SSSR count). The number of hydrogen-bond donors (Lipinski definition) is 1. The van der Waals surface area contributed by atoms with E-state index in [9.17, 15) is 4.21 Å². The summed E-state index contributed by atoms with van der Waals surface area (Å²) in [6.07, 6.45) is 6.72. The summed E-state index contributed by atoms with van der Waals surface area (Å²) in [5.74, 6) is 0.805. The van der Waals surface area contributed by atoms with Gasteiger partial charge in [-0.2, -0.15) is 0 Å². The molecule has 1 N–H and O–H groups in total. The minimum atomic E-state index is -1.14. The first kappa shape index (κ1) is 15.3. The molecule has 0 aromatic heterocycles. The van der Waals surface area contributed by atoms with Crippen LogP contribution in [0.2, 0.25) is 0 Å². The topological polar surface area (TPSA) is 29.1 Å². The molecule has 0 radical (unpaired) electrons. The predicted octanol–water partition coefficient (Wildman–Crippen LogP) is 4.42. The largest absolute Gasteiger partial charge is 0.308 e. The first-order valence-electron chi connectivity index (χ1n) is 7.38. The Morgan fingerprint density at radius 3 is 2.30 bits per heavy atom. The van der Waals surface area contributed by atoms with E-state index in [1.165, 1.54) is 18.4 Å². The van der Waals surface area contributed by atoms with Crippen molar-refractivity contribution in [2.45, 2.75) is 51.3 Å². The Kier molecular flexibility index (Phi) is 5.03. The van der Waals surface area contributed by atoms with Gasteiger partial charge in [0.1, 0.15) is 11.0 Å². The molecule has 1 fully saturated rings.